The minimum absolute atomic E-state index is 0.0114. The number of carbonyl (C=O) groups excluding carboxylic acids is 2. The lowest BCUT2D eigenvalue weighted by molar-refractivity contribution is -0.170. The first-order chi connectivity index (χ1) is 16.6. The summed E-state index contributed by atoms with van der Waals surface area (Å²) >= 11 is 1.82. The number of fused-ring (bicyclic) bond motifs is 1. The van der Waals surface area contributed by atoms with E-state index in [0.29, 0.717) is 30.1 Å². The molecular formula is C23H40N6O4S. The van der Waals surface area contributed by atoms with Gasteiger partial charge in [0.2, 0.25) is 5.91 Å². The molecule has 1 saturated carbocycles. The number of ether oxygens (including phenoxy) is 2. The van der Waals surface area contributed by atoms with Crippen LogP contribution in [0.25, 0.3) is 0 Å². The first-order valence-corrected chi connectivity index (χ1v) is 14.0. The van der Waals surface area contributed by atoms with Crippen LogP contribution in [0.3, 0.4) is 0 Å². The molecule has 192 valence electrons. The molecule has 0 radical (unpaired) electrons. The SMILES string of the molecule is NCC(=O)NC1CCNC(NC2CCC(C3CSC4C(=O)CC(N5CCOCC5)OC43)CC2)N1. The van der Waals surface area contributed by atoms with Crippen LogP contribution in [0.5, 0.6) is 0 Å². The lowest BCUT2D eigenvalue weighted by Gasteiger charge is -2.43. The van der Waals surface area contributed by atoms with Gasteiger partial charge in [-0.2, -0.15) is 0 Å². The number of nitrogens with two attached hydrogens (primary N) is 1. The maximum atomic E-state index is 12.9. The number of hydrogen-bond donors (Lipinski definition) is 5. The van der Waals surface area contributed by atoms with E-state index in [9.17, 15) is 9.59 Å². The largest absolute Gasteiger partial charge is 0.379 e. The zero-order valence-corrected chi connectivity index (χ0v) is 20.7. The van der Waals surface area contributed by atoms with Gasteiger partial charge in [-0.1, -0.05) is 0 Å². The van der Waals surface area contributed by atoms with Gasteiger partial charge in [-0.15, -0.1) is 11.8 Å². The number of amides is 1. The smallest absolute Gasteiger partial charge is 0.234 e. The molecule has 10 nitrogen and oxygen atoms in total. The fourth-order valence-corrected chi connectivity index (χ4v) is 7.85. The van der Waals surface area contributed by atoms with Gasteiger partial charge in [-0.25, -0.2) is 0 Å². The van der Waals surface area contributed by atoms with Crippen molar-refractivity contribution in [3.8, 4) is 0 Å². The Morgan fingerprint density at radius 3 is 2.74 bits per heavy atom. The molecule has 4 heterocycles. The van der Waals surface area contributed by atoms with Crippen molar-refractivity contribution < 1.29 is 19.1 Å². The van der Waals surface area contributed by atoms with Crippen molar-refractivity contribution in [2.45, 2.75) is 74.6 Å². The van der Waals surface area contributed by atoms with Crippen LogP contribution >= 0.6 is 11.8 Å². The third-order valence-corrected chi connectivity index (χ3v) is 9.57. The predicted molar refractivity (Wildman–Crippen MR) is 130 cm³/mol. The number of morpholine rings is 1. The molecule has 1 aliphatic carbocycles. The number of nitrogens with one attached hydrogen (secondary N) is 4. The van der Waals surface area contributed by atoms with Gasteiger partial charge in [0.05, 0.1) is 37.3 Å². The summed E-state index contributed by atoms with van der Waals surface area (Å²) < 4.78 is 12.1. The molecule has 11 heteroatoms. The molecule has 6 atom stereocenters. The van der Waals surface area contributed by atoms with Crippen molar-refractivity contribution in [1.29, 1.82) is 0 Å². The second-order valence-corrected chi connectivity index (χ2v) is 11.4. The minimum atomic E-state index is -0.134. The molecule has 5 rings (SSSR count). The standard InChI is InChI=1S/C23H40N6O4S/c24-12-19(31)27-18-5-6-25-23(28-18)26-15-3-1-14(2-4-15)16-13-34-22-17(30)11-20(33-21(16)22)29-7-9-32-10-8-29/h14-16,18,20-23,25-26,28H,1-13,24H2,(H,27,31). The van der Waals surface area contributed by atoms with Gasteiger partial charge in [0.1, 0.15) is 12.5 Å². The van der Waals surface area contributed by atoms with Crippen LogP contribution in [0.4, 0.5) is 0 Å². The number of thioether (sulfide) groups is 1. The van der Waals surface area contributed by atoms with Gasteiger partial charge in [-0.05, 0) is 49.7 Å². The van der Waals surface area contributed by atoms with Crippen molar-refractivity contribution in [2.24, 2.45) is 17.6 Å². The third-order valence-electron chi connectivity index (χ3n) is 8.10. The fraction of sp³-hybridized carbons (Fsp3) is 0.913. The topological polar surface area (TPSA) is 130 Å². The molecule has 5 fully saturated rings. The molecule has 0 bridgehead atoms. The highest BCUT2D eigenvalue weighted by Crippen LogP contribution is 2.46. The second kappa shape index (κ2) is 11.5. The normalized spacial score (nSPS) is 41.7. The van der Waals surface area contributed by atoms with Gasteiger partial charge < -0.3 is 20.5 Å². The number of Topliss-reactive ketones (excluding diaryl/α,β-unsaturated/α-hetero) is 1. The zero-order chi connectivity index (χ0) is 23.5. The Morgan fingerprint density at radius 2 is 1.97 bits per heavy atom. The molecule has 4 aliphatic heterocycles. The van der Waals surface area contributed by atoms with Crippen molar-refractivity contribution in [3.63, 3.8) is 0 Å². The van der Waals surface area contributed by atoms with Gasteiger partial charge in [0.25, 0.3) is 0 Å². The molecule has 0 spiro atoms. The minimum Gasteiger partial charge on any atom is -0.379 e. The second-order valence-electron chi connectivity index (χ2n) is 10.2. The summed E-state index contributed by atoms with van der Waals surface area (Å²) in [4.78, 5) is 26.8. The van der Waals surface area contributed by atoms with Crippen LogP contribution in [-0.2, 0) is 19.1 Å². The lowest BCUT2D eigenvalue weighted by atomic mass is 9.75. The maximum Gasteiger partial charge on any atom is 0.234 e. The summed E-state index contributed by atoms with van der Waals surface area (Å²) in [6.07, 6.45) is 5.81. The van der Waals surface area contributed by atoms with E-state index in [-0.39, 0.29) is 42.5 Å². The fourth-order valence-electron chi connectivity index (χ4n) is 6.22. The molecule has 6 unspecified atom stereocenters. The highest BCUT2D eigenvalue weighted by Gasteiger charge is 2.50. The quantitative estimate of drug-likeness (QED) is 0.317. The summed E-state index contributed by atoms with van der Waals surface area (Å²) in [6, 6.07) is 0.435. The highest BCUT2D eigenvalue weighted by molar-refractivity contribution is 8.01. The maximum absolute atomic E-state index is 12.9. The molecular weight excluding hydrogens is 456 g/mol. The number of nitrogens with zero attached hydrogens (tertiary/aromatic N) is 1. The van der Waals surface area contributed by atoms with Crippen LogP contribution in [0.1, 0.15) is 38.5 Å². The van der Waals surface area contributed by atoms with Crippen molar-refractivity contribution in [2.75, 3.05) is 45.1 Å². The summed E-state index contributed by atoms with van der Waals surface area (Å²) in [5.41, 5.74) is 5.42. The van der Waals surface area contributed by atoms with Crippen LogP contribution in [0.15, 0.2) is 0 Å². The van der Waals surface area contributed by atoms with Crippen molar-refractivity contribution >= 4 is 23.5 Å². The number of ketones is 1. The van der Waals surface area contributed by atoms with E-state index in [1.165, 1.54) is 0 Å². The average Bonchev–Trinajstić information content (AvgIpc) is 3.30. The zero-order valence-electron chi connectivity index (χ0n) is 19.9. The van der Waals surface area contributed by atoms with Gasteiger partial charge in [-0.3, -0.25) is 30.4 Å². The molecule has 6 N–H and O–H groups in total. The highest BCUT2D eigenvalue weighted by atomic mass is 32.2. The molecule has 5 aliphatic rings. The van der Waals surface area contributed by atoms with Crippen LogP contribution in [-0.4, -0.2) is 97.8 Å². The molecule has 4 saturated heterocycles. The van der Waals surface area contributed by atoms with Gasteiger partial charge >= 0.3 is 0 Å². The van der Waals surface area contributed by atoms with Crippen LogP contribution in [0, 0.1) is 11.8 Å². The number of carbonyl (C=O) groups is 2. The third kappa shape index (κ3) is 5.78. The van der Waals surface area contributed by atoms with E-state index < -0.39 is 0 Å². The molecule has 0 aromatic heterocycles. The Bertz CT molecular complexity index is 718. The number of hydrogen-bond acceptors (Lipinski definition) is 10. The van der Waals surface area contributed by atoms with E-state index in [1.807, 2.05) is 11.8 Å². The van der Waals surface area contributed by atoms with E-state index >= 15 is 0 Å². The van der Waals surface area contributed by atoms with Gasteiger partial charge in [0.15, 0.2) is 5.78 Å². The summed E-state index contributed by atoms with van der Waals surface area (Å²) in [6.45, 7) is 4.00. The summed E-state index contributed by atoms with van der Waals surface area (Å²) in [5.74, 6) is 2.35. The Morgan fingerprint density at radius 1 is 1.18 bits per heavy atom. The Labute approximate surface area is 206 Å². The Hall–Kier alpha value is -0.790. The van der Waals surface area contributed by atoms with E-state index in [0.717, 1.165) is 70.7 Å². The molecule has 0 aromatic rings. The Kier molecular flexibility index (Phi) is 8.42. The van der Waals surface area contributed by atoms with Gasteiger partial charge in [0, 0.05) is 32.1 Å². The van der Waals surface area contributed by atoms with E-state index in [2.05, 4.69) is 26.2 Å². The summed E-state index contributed by atoms with van der Waals surface area (Å²) in [7, 11) is 0. The Balaban J connectivity index is 1.11. The molecule has 0 aromatic carbocycles. The average molecular weight is 497 g/mol. The van der Waals surface area contributed by atoms with Crippen LogP contribution in [0.2, 0.25) is 0 Å². The molecule has 1 amide bonds. The van der Waals surface area contributed by atoms with Crippen LogP contribution < -0.4 is 27.0 Å². The monoisotopic (exact) mass is 496 g/mol. The predicted octanol–water partition coefficient (Wildman–Crippen LogP) is -0.850. The number of rotatable bonds is 6. The van der Waals surface area contributed by atoms with Crippen molar-refractivity contribution in [3.05, 3.63) is 0 Å². The van der Waals surface area contributed by atoms with E-state index in [4.69, 9.17) is 15.2 Å². The lowest BCUT2D eigenvalue weighted by Crippen LogP contribution is -2.66. The first-order valence-electron chi connectivity index (χ1n) is 13.0. The summed E-state index contributed by atoms with van der Waals surface area (Å²) in [5, 5.41) is 13.5. The van der Waals surface area contributed by atoms with Crippen molar-refractivity contribution in [1.82, 2.24) is 26.2 Å². The first kappa shape index (κ1) is 24.9. The van der Waals surface area contributed by atoms with E-state index in [1.54, 1.807) is 0 Å². The molecule has 34 heavy (non-hydrogen) atoms.